The Bertz CT molecular complexity index is 1320. The molecule has 4 N–H and O–H groups in total. The molecule has 0 bridgehead atoms. The first kappa shape index (κ1) is 46.6. The van der Waals surface area contributed by atoms with E-state index < -0.39 is 36.3 Å². The Morgan fingerprint density at radius 2 is 1.61 bits per heavy atom. The Hall–Kier alpha value is -3.59. The molecule has 0 aromatic heterocycles. The van der Waals surface area contributed by atoms with Gasteiger partial charge in [-0.05, 0) is 50.8 Å². The molecule has 1 aliphatic heterocycles. The van der Waals surface area contributed by atoms with Crippen LogP contribution in [-0.4, -0.2) is 147 Å². The number of hydrogen-bond donors (Lipinski definition) is 4. The monoisotopic (exact) mass is 761 g/mol. The first-order valence-corrected chi connectivity index (χ1v) is 19.4. The highest BCUT2D eigenvalue weighted by Gasteiger charge is 2.42. The summed E-state index contributed by atoms with van der Waals surface area (Å²) in [5, 5.41) is 17.7. The van der Waals surface area contributed by atoms with Gasteiger partial charge in [0.2, 0.25) is 29.5 Å². The normalized spacial score (nSPS) is 18.3. The lowest BCUT2D eigenvalue weighted by Gasteiger charge is -2.39. The number of ether oxygens (including phenoxy) is 2. The summed E-state index contributed by atoms with van der Waals surface area (Å²) in [5.74, 6) is -2.06. The van der Waals surface area contributed by atoms with E-state index in [0.29, 0.717) is 19.4 Å². The van der Waals surface area contributed by atoms with Crippen molar-refractivity contribution in [3.63, 3.8) is 0 Å². The van der Waals surface area contributed by atoms with Crippen molar-refractivity contribution >= 4 is 29.5 Å². The zero-order valence-electron chi connectivity index (χ0n) is 34.3. The largest absolute Gasteiger partial charge is 0.396 e. The lowest BCUT2D eigenvalue weighted by molar-refractivity contribution is -0.146. The number of carbonyl (C=O) groups excluding carboxylic acids is 5. The fourth-order valence-electron chi connectivity index (χ4n) is 7.63. The number of aliphatic hydroxyl groups is 1. The van der Waals surface area contributed by atoms with Crippen LogP contribution >= 0.6 is 0 Å². The third-order valence-electron chi connectivity index (χ3n) is 10.7. The highest BCUT2D eigenvalue weighted by molar-refractivity contribution is 5.89. The zero-order valence-corrected chi connectivity index (χ0v) is 34.3. The second-order valence-electron chi connectivity index (χ2n) is 15.1. The van der Waals surface area contributed by atoms with E-state index in [0.717, 1.165) is 18.4 Å². The molecule has 5 amide bonds. The van der Waals surface area contributed by atoms with E-state index in [-0.39, 0.29) is 80.0 Å². The SMILES string of the molecule is CCC(C)[C@@H]([C@@H](CC(=O)N1CCC[C@H]1[C@H](OC)[C@@H](C)C(=O)N[C@@H](Cc1ccccc1)C(=O)NCCCO)OC)N(C)C(=O)CNC(=O)[C@H](C(C)C)N(C)C. The molecule has 306 valence electrons. The van der Waals surface area contributed by atoms with E-state index in [1.54, 1.807) is 23.8 Å². The molecule has 0 aliphatic carbocycles. The topological polar surface area (TPSA) is 170 Å². The minimum atomic E-state index is -0.850. The third kappa shape index (κ3) is 13.3. The molecule has 14 nitrogen and oxygen atoms in total. The van der Waals surface area contributed by atoms with Crippen molar-refractivity contribution in [1.82, 2.24) is 30.7 Å². The van der Waals surface area contributed by atoms with E-state index in [1.807, 2.05) is 77.0 Å². The summed E-state index contributed by atoms with van der Waals surface area (Å²) in [6.45, 7) is 10.2. The average Bonchev–Trinajstić information content (AvgIpc) is 3.63. The van der Waals surface area contributed by atoms with Gasteiger partial charge in [-0.3, -0.25) is 28.9 Å². The highest BCUT2D eigenvalue weighted by Crippen LogP contribution is 2.29. The predicted molar refractivity (Wildman–Crippen MR) is 208 cm³/mol. The Morgan fingerprint density at radius 3 is 2.17 bits per heavy atom. The minimum absolute atomic E-state index is 0.00616. The van der Waals surface area contributed by atoms with Crippen LogP contribution in [-0.2, 0) is 39.9 Å². The van der Waals surface area contributed by atoms with Gasteiger partial charge in [0.25, 0.3) is 0 Å². The molecule has 54 heavy (non-hydrogen) atoms. The van der Waals surface area contributed by atoms with Gasteiger partial charge < -0.3 is 40.3 Å². The molecule has 1 heterocycles. The number of likely N-dealkylation sites (N-methyl/N-ethyl adjacent to an activating group) is 2. The first-order valence-electron chi connectivity index (χ1n) is 19.4. The van der Waals surface area contributed by atoms with Crippen LogP contribution in [0.2, 0.25) is 0 Å². The van der Waals surface area contributed by atoms with Crippen LogP contribution in [0.4, 0.5) is 0 Å². The first-order chi connectivity index (χ1) is 25.6. The van der Waals surface area contributed by atoms with E-state index in [1.165, 1.54) is 14.2 Å². The number of benzene rings is 1. The minimum Gasteiger partial charge on any atom is -0.396 e. The Kier molecular flexibility index (Phi) is 20.1. The van der Waals surface area contributed by atoms with Gasteiger partial charge in [0.1, 0.15) is 6.04 Å². The number of nitrogens with zero attached hydrogens (tertiary/aromatic N) is 3. The molecule has 1 saturated heterocycles. The van der Waals surface area contributed by atoms with Gasteiger partial charge in [-0.15, -0.1) is 0 Å². The van der Waals surface area contributed by atoms with Gasteiger partial charge in [-0.2, -0.15) is 0 Å². The molecule has 0 radical (unpaired) electrons. The van der Waals surface area contributed by atoms with Crippen molar-refractivity contribution in [3.05, 3.63) is 35.9 Å². The second-order valence-corrected chi connectivity index (χ2v) is 15.1. The quantitative estimate of drug-likeness (QED) is 0.122. The summed E-state index contributed by atoms with van der Waals surface area (Å²) in [5.41, 5.74) is 0.883. The van der Waals surface area contributed by atoms with Crippen molar-refractivity contribution in [2.75, 3.05) is 61.6 Å². The van der Waals surface area contributed by atoms with Gasteiger partial charge in [-0.1, -0.05) is 71.4 Å². The van der Waals surface area contributed by atoms with Crippen LogP contribution < -0.4 is 16.0 Å². The fourth-order valence-corrected chi connectivity index (χ4v) is 7.63. The van der Waals surface area contributed by atoms with Crippen LogP contribution in [0.15, 0.2) is 30.3 Å². The summed E-state index contributed by atoms with van der Waals surface area (Å²) >= 11 is 0. The van der Waals surface area contributed by atoms with Gasteiger partial charge >= 0.3 is 0 Å². The van der Waals surface area contributed by atoms with Crippen LogP contribution in [0, 0.1) is 17.8 Å². The van der Waals surface area contributed by atoms with Crippen LogP contribution in [0.1, 0.15) is 72.3 Å². The molecule has 1 aromatic rings. The van der Waals surface area contributed by atoms with E-state index in [9.17, 15) is 29.1 Å². The van der Waals surface area contributed by atoms with E-state index in [2.05, 4.69) is 16.0 Å². The maximum atomic E-state index is 14.1. The molecule has 1 unspecified atom stereocenters. The number of amides is 5. The summed E-state index contributed by atoms with van der Waals surface area (Å²) in [7, 11) is 8.41. The van der Waals surface area contributed by atoms with Crippen molar-refractivity contribution in [1.29, 1.82) is 0 Å². The molecule has 1 aliphatic rings. The van der Waals surface area contributed by atoms with Gasteiger partial charge in [-0.25, -0.2) is 0 Å². The summed E-state index contributed by atoms with van der Waals surface area (Å²) in [4.78, 5) is 72.7. The molecule has 8 atom stereocenters. The van der Waals surface area contributed by atoms with Crippen molar-refractivity contribution in [2.24, 2.45) is 17.8 Å². The number of hydrogen-bond acceptors (Lipinski definition) is 9. The number of nitrogens with one attached hydrogen (secondary N) is 3. The predicted octanol–water partition coefficient (Wildman–Crippen LogP) is 1.84. The second kappa shape index (κ2) is 23.4. The van der Waals surface area contributed by atoms with Crippen molar-refractivity contribution < 1.29 is 38.6 Å². The van der Waals surface area contributed by atoms with Crippen LogP contribution in [0.5, 0.6) is 0 Å². The lowest BCUT2D eigenvalue weighted by atomic mass is 9.90. The molecular formula is C40H68N6O8. The zero-order chi connectivity index (χ0) is 40.5. The number of rotatable bonds is 23. The number of carbonyl (C=O) groups is 5. The maximum absolute atomic E-state index is 14.1. The van der Waals surface area contributed by atoms with Crippen LogP contribution in [0.3, 0.4) is 0 Å². The third-order valence-corrected chi connectivity index (χ3v) is 10.7. The maximum Gasteiger partial charge on any atom is 0.242 e. The molecule has 1 aromatic carbocycles. The average molecular weight is 761 g/mol. The molecule has 0 spiro atoms. The van der Waals surface area contributed by atoms with Crippen molar-refractivity contribution in [3.8, 4) is 0 Å². The number of likely N-dealkylation sites (tertiary alicyclic amines) is 1. The number of aliphatic hydroxyl groups excluding tert-OH is 1. The van der Waals surface area contributed by atoms with E-state index >= 15 is 0 Å². The molecule has 0 saturated carbocycles. The highest BCUT2D eigenvalue weighted by atomic mass is 16.5. The summed E-state index contributed by atoms with van der Waals surface area (Å²) in [6, 6.07) is 7.34. The van der Waals surface area contributed by atoms with Gasteiger partial charge in [0, 0.05) is 47.4 Å². The van der Waals surface area contributed by atoms with Crippen molar-refractivity contribution in [2.45, 2.75) is 110 Å². The summed E-state index contributed by atoms with van der Waals surface area (Å²) in [6.07, 6.45) is 1.49. The molecular weight excluding hydrogens is 692 g/mol. The summed E-state index contributed by atoms with van der Waals surface area (Å²) < 4.78 is 11.9. The molecule has 14 heteroatoms. The Morgan fingerprint density at radius 1 is 0.944 bits per heavy atom. The van der Waals surface area contributed by atoms with Gasteiger partial charge in [0.15, 0.2) is 0 Å². The lowest BCUT2D eigenvalue weighted by Crippen LogP contribution is -2.55. The molecule has 2 rings (SSSR count). The Balaban J connectivity index is 2.20. The fraction of sp³-hybridized carbons (Fsp3) is 0.725. The standard InChI is InChI=1S/C40H68N6O8/c1-11-27(4)36(45(8)34(49)25-42-40(52)35(26(2)3)44(6)7)32(53-9)24-33(48)46-21-15-19-31(46)37(54-10)28(5)38(50)43-30(39(51)41-20-16-22-47)23-29-17-13-12-14-18-29/h12-14,17-18,26-28,30-32,35-37,47H,11,15-16,19-25H2,1-10H3,(H,41,51)(H,42,52)(H,43,50)/t27?,28-,30+,31+,32-,35+,36+,37-/m1/s1. The number of methoxy groups -OCH3 is 2. The molecule has 1 fully saturated rings. The van der Waals surface area contributed by atoms with E-state index in [4.69, 9.17) is 9.47 Å². The Labute approximate surface area is 323 Å². The smallest absolute Gasteiger partial charge is 0.242 e. The van der Waals surface area contributed by atoms with Crippen LogP contribution in [0.25, 0.3) is 0 Å². The van der Waals surface area contributed by atoms with Gasteiger partial charge in [0.05, 0.1) is 49.2 Å².